The van der Waals surface area contributed by atoms with Gasteiger partial charge in [-0.2, -0.15) is 0 Å². The number of aliphatic hydroxyl groups excluding tert-OH is 2. The minimum Gasteiger partial charge on any atom is -0.447 e. The number of hydrogen-bond donors (Lipinski definition) is 4. The van der Waals surface area contributed by atoms with E-state index in [9.17, 15) is 24.2 Å². The first-order chi connectivity index (χ1) is 16.8. The zero-order chi connectivity index (χ0) is 25.4. The molecule has 0 saturated carbocycles. The Morgan fingerprint density at radius 3 is 2.69 bits per heavy atom. The summed E-state index contributed by atoms with van der Waals surface area (Å²) in [6.07, 6.45) is -0.366. The van der Waals surface area contributed by atoms with Crippen molar-refractivity contribution in [3.05, 3.63) is 71.1 Å². The Bertz CT molecular complexity index is 1180. The number of pyridine rings is 1. The van der Waals surface area contributed by atoms with E-state index in [0.29, 0.717) is 11.4 Å². The summed E-state index contributed by atoms with van der Waals surface area (Å²) in [4.78, 5) is 30.4. The Balaban J connectivity index is 1.59. The maximum absolute atomic E-state index is 13.6. The molecule has 2 aromatic carbocycles. The van der Waals surface area contributed by atoms with Crippen molar-refractivity contribution in [2.24, 2.45) is 0 Å². The summed E-state index contributed by atoms with van der Waals surface area (Å²) in [6, 6.07) is 12.1. The van der Waals surface area contributed by atoms with Crippen molar-refractivity contribution in [1.82, 2.24) is 15.2 Å². The third kappa shape index (κ3) is 7.25. The minimum absolute atomic E-state index is 0.0377. The standard InChI is InChI=1S/C24H26ClFN4O5/c1-30(23(33)28-12-17-7-4-8-20(26)22(17)25)18(10-19(32)13-31)14-35-24(34)29-21-9-15-5-2-3-6-16(15)11-27-21/h2-9,11,18-19,31-32H,10,12-14H2,1H3,(H,28,33)(H,27,29,34)/t18-,19+/m1/s1. The number of carbonyl (C=O) groups excluding carboxylic acids is 2. The summed E-state index contributed by atoms with van der Waals surface area (Å²) in [5.74, 6) is -0.310. The predicted molar refractivity (Wildman–Crippen MR) is 130 cm³/mol. The number of carbonyl (C=O) groups is 2. The number of halogens is 2. The van der Waals surface area contributed by atoms with Crippen LogP contribution in [0.25, 0.3) is 10.8 Å². The number of urea groups is 1. The molecule has 0 fully saturated rings. The number of ether oxygens (including phenoxy) is 1. The van der Waals surface area contributed by atoms with Crippen molar-refractivity contribution in [3.8, 4) is 0 Å². The summed E-state index contributed by atoms with van der Waals surface area (Å²) < 4.78 is 18.9. The first-order valence-corrected chi connectivity index (χ1v) is 11.2. The number of aliphatic hydroxyl groups is 2. The number of fused-ring (bicyclic) bond motifs is 1. The van der Waals surface area contributed by atoms with Gasteiger partial charge >= 0.3 is 12.1 Å². The van der Waals surface area contributed by atoms with Gasteiger partial charge in [0.1, 0.15) is 18.2 Å². The molecule has 0 bridgehead atoms. The number of nitrogens with one attached hydrogen (secondary N) is 2. The average Bonchev–Trinajstić information content (AvgIpc) is 2.86. The van der Waals surface area contributed by atoms with E-state index in [-0.39, 0.29) is 24.6 Å². The van der Waals surface area contributed by atoms with Crippen LogP contribution in [-0.4, -0.2) is 64.6 Å². The second kappa shape index (κ2) is 12.3. The second-order valence-corrected chi connectivity index (χ2v) is 8.23. The quantitative estimate of drug-likeness (QED) is 0.353. The fourth-order valence-corrected chi connectivity index (χ4v) is 3.53. The maximum atomic E-state index is 13.6. The summed E-state index contributed by atoms with van der Waals surface area (Å²) in [5.41, 5.74) is 0.388. The molecule has 11 heteroatoms. The summed E-state index contributed by atoms with van der Waals surface area (Å²) in [5, 5.41) is 26.0. The van der Waals surface area contributed by atoms with Gasteiger partial charge in [0, 0.05) is 25.2 Å². The van der Waals surface area contributed by atoms with Gasteiger partial charge in [-0.25, -0.2) is 19.0 Å². The average molecular weight is 505 g/mol. The molecule has 2 atom stereocenters. The van der Waals surface area contributed by atoms with Crippen molar-refractivity contribution in [2.75, 3.05) is 25.6 Å². The third-order valence-electron chi connectivity index (χ3n) is 5.35. The highest BCUT2D eigenvalue weighted by Crippen LogP contribution is 2.20. The lowest BCUT2D eigenvalue weighted by Crippen LogP contribution is -2.47. The van der Waals surface area contributed by atoms with Gasteiger partial charge in [0.2, 0.25) is 0 Å². The van der Waals surface area contributed by atoms with Crippen LogP contribution >= 0.6 is 11.6 Å². The second-order valence-electron chi connectivity index (χ2n) is 7.85. The molecule has 0 aliphatic carbocycles. The molecule has 0 saturated heterocycles. The molecule has 35 heavy (non-hydrogen) atoms. The van der Waals surface area contributed by atoms with Crippen LogP contribution in [0.15, 0.2) is 54.7 Å². The van der Waals surface area contributed by atoms with Gasteiger partial charge in [0.15, 0.2) is 0 Å². The summed E-state index contributed by atoms with van der Waals surface area (Å²) in [7, 11) is 1.45. The molecular weight excluding hydrogens is 479 g/mol. The molecule has 0 radical (unpaired) electrons. The Morgan fingerprint density at radius 1 is 1.20 bits per heavy atom. The number of likely N-dealkylation sites (N-methyl/N-ethyl adjacent to an activating group) is 1. The Labute approximate surface area is 206 Å². The number of hydrogen-bond acceptors (Lipinski definition) is 6. The molecule has 3 rings (SSSR count). The molecule has 4 N–H and O–H groups in total. The van der Waals surface area contributed by atoms with Gasteiger partial charge in [-0.1, -0.05) is 48.0 Å². The van der Waals surface area contributed by atoms with Gasteiger partial charge in [0.25, 0.3) is 0 Å². The summed E-state index contributed by atoms with van der Waals surface area (Å²) in [6.45, 7) is -0.830. The normalized spacial score (nSPS) is 12.6. The Hall–Kier alpha value is -3.47. The molecule has 0 aliphatic heterocycles. The zero-order valence-corrected chi connectivity index (χ0v) is 19.7. The highest BCUT2D eigenvalue weighted by atomic mass is 35.5. The van der Waals surface area contributed by atoms with Crippen molar-refractivity contribution < 1.29 is 28.9 Å². The summed E-state index contributed by atoms with van der Waals surface area (Å²) >= 11 is 5.92. The van der Waals surface area contributed by atoms with Crippen LogP contribution in [0.4, 0.5) is 19.8 Å². The van der Waals surface area contributed by atoms with Crippen molar-refractivity contribution in [1.29, 1.82) is 0 Å². The minimum atomic E-state index is -1.14. The van der Waals surface area contributed by atoms with Gasteiger partial charge < -0.3 is 25.2 Å². The molecule has 186 valence electrons. The van der Waals surface area contributed by atoms with E-state index in [1.807, 2.05) is 24.3 Å². The van der Waals surface area contributed by atoms with Gasteiger partial charge in [-0.15, -0.1) is 0 Å². The van der Waals surface area contributed by atoms with Gasteiger partial charge in [-0.3, -0.25) is 5.32 Å². The number of rotatable bonds is 9. The predicted octanol–water partition coefficient (Wildman–Crippen LogP) is 3.53. The molecule has 3 amide bonds. The number of aromatic nitrogens is 1. The molecule has 1 aromatic heterocycles. The first kappa shape index (κ1) is 26.1. The van der Waals surface area contributed by atoms with Crippen LogP contribution in [0.1, 0.15) is 12.0 Å². The van der Waals surface area contributed by atoms with Crippen LogP contribution in [0.3, 0.4) is 0 Å². The number of benzene rings is 2. The van der Waals surface area contributed by atoms with E-state index in [1.54, 1.807) is 18.3 Å². The van der Waals surface area contributed by atoms with E-state index in [0.717, 1.165) is 10.8 Å². The third-order valence-corrected chi connectivity index (χ3v) is 5.78. The lowest BCUT2D eigenvalue weighted by Gasteiger charge is -2.29. The van der Waals surface area contributed by atoms with Crippen LogP contribution in [-0.2, 0) is 11.3 Å². The van der Waals surface area contributed by atoms with E-state index in [4.69, 9.17) is 16.3 Å². The van der Waals surface area contributed by atoms with E-state index >= 15 is 0 Å². The fourth-order valence-electron chi connectivity index (χ4n) is 3.34. The number of amides is 3. The maximum Gasteiger partial charge on any atom is 0.412 e. The van der Waals surface area contributed by atoms with E-state index in [2.05, 4.69) is 15.6 Å². The topological polar surface area (TPSA) is 124 Å². The van der Waals surface area contributed by atoms with Crippen LogP contribution in [0.5, 0.6) is 0 Å². The lowest BCUT2D eigenvalue weighted by molar-refractivity contribution is 0.0480. The molecule has 3 aromatic rings. The molecule has 0 unspecified atom stereocenters. The van der Waals surface area contributed by atoms with Crippen LogP contribution < -0.4 is 10.6 Å². The van der Waals surface area contributed by atoms with Crippen LogP contribution in [0.2, 0.25) is 5.02 Å². The van der Waals surface area contributed by atoms with Crippen LogP contribution in [0, 0.1) is 5.82 Å². The lowest BCUT2D eigenvalue weighted by atomic mass is 10.1. The Kier molecular flexibility index (Phi) is 9.18. The fraction of sp³-hybridized carbons (Fsp3) is 0.292. The molecule has 1 heterocycles. The van der Waals surface area contributed by atoms with Crippen molar-refractivity contribution in [3.63, 3.8) is 0 Å². The first-order valence-electron chi connectivity index (χ1n) is 10.8. The zero-order valence-electron chi connectivity index (χ0n) is 18.9. The van der Waals surface area contributed by atoms with E-state index < -0.39 is 36.7 Å². The van der Waals surface area contributed by atoms with Gasteiger partial charge in [0.05, 0.1) is 23.8 Å². The monoisotopic (exact) mass is 504 g/mol. The van der Waals surface area contributed by atoms with Gasteiger partial charge in [-0.05, 0) is 29.5 Å². The molecule has 0 aliphatic rings. The SMILES string of the molecule is CN(C(=O)NCc1cccc(F)c1Cl)[C@@H](COC(=O)Nc1cc2ccccc2cn1)C[C@H](O)CO. The highest BCUT2D eigenvalue weighted by Gasteiger charge is 2.25. The van der Waals surface area contributed by atoms with Crippen molar-refractivity contribution >= 4 is 40.3 Å². The van der Waals surface area contributed by atoms with E-state index in [1.165, 1.54) is 24.1 Å². The van der Waals surface area contributed by atoms with Crippen molar-refractivity contribution in [2.45, 2.75) is 25.1 Å². The molecule has 9 nitrogen and oxygen atoms in total. The Morgan fingerprint density at radius 2 is 1.94 bits per heavy atom. The highest BCUT2D eigenvalue weighted by molar-refractivity contribution is 6.31. The smallest absolute Gasteiger partial charge is 0.412 e. The number of nitrogens with zero attached hydrogens (tertiary/aromatic N) is 2. The number of anilines is 1. The molecule has 0 spiro atoms. The largest absolute Gasteiger partial charge is 0.447 e. The molecular formula is C24H26ClFN4O5.